The fraction of sp³-hybridized carbons (Fsp3) is 0.478. The molecule has 0 saturated carbocycles. The Hall–Kier alpha value is -2.78. The summed E-state index contributed by atoms with van der Waals surface area (Å²) >= 11 is 0. The molecule has 2 aromatic rings. The van der Waals surface area contributed by atoms with Crippen molar-refractivity contribution in [3.63, 3.8) is 0 Å². The van der Waals surface area contributed by atoms with Crippen LogP contribution in [0.3, 0.4) is 0 Å². The van der Waals surface area contributed by atoms with E-state index in [0.29, 0.717) is 24.4 Å². The minimum absolute atomic E-state index is 0.0464. The number of rotatable bonds is 6. The molecule has 0 radical (unpaired) electrons. The predicted molar refractivity (Wildman–Crippen MR) is 110 cm³/mol. The van der Waals surface area contributed by atoms with Crippen LogP contribution in [0.2, 0.25) is 0 Å². The molecule has 1 aromatic heterocycles. The van der Waals surface area contributed by atoms with Crippen molar-refractivity contribution in [2.45, 2.75) is 52.2 Å². The van der Waals surface area contributed by atoms with Gasteiger partial charge in [0.1, 0.15) is 17.1 Å². The number of piperidine rings is 1. The van der Waals surface area contributed by atoms with E-state index < -0.39 is 0 Å². The molecule has 1 aliphatic heterocycles. The maximum absolute atomic E-state index is 12.7. The average molecular weight is 393 g/mol. The summed E-state index contributed by atoms with van der Waals surface area (Å²) in [5.41, 5.74) is 1.91. The number of hydrogen-bond acceptors (Lipinski definition) is 6. The van der Waals surface area contributed by atoms with Crippen molar-refractivity contribution in [3.05, 3.63) is 53.5 Å². The number of carbonyl (C=O) groups excluding carboxylic acids is 1. The zero-order valence-corrected chi connectivity index (χ0v) is 17.4. The van der Waals surface area contributed by atoms with Crippen molar-refractivity contribution >= 4 is 5.78 Å². The number of nitriles is 1. The van der Waals surface area contributed by atoms with Gasteiger partial charge in [0.2, 0.25) is 5.88 Å². The third-order valence-corrected chi connectivity index (χ3v) is 5.06. The minimum Gasteiger partial charge on any atom is -0.471 e. The predicted octanol–water partition coefficient (Wildman–Crippen LogP) is 3.55. The zero-order valence-electron chi connectivity index (χ0n) is 17.4. The number of Topliss-reactive ketones (excluding diaryl/α,β-unsaturated/α-hetero) is 1. The lowest BCUT2D eigenvalue weighted by Gasteiger charge is -2.31. The highest BCUT2D eigenvalue weighted by molar-refractivity contribution is 5.84. The van der Waals surface area contributed by atoms with E-state index in [9.17, 15) is 10.1 Å². The number of ether oxygens (including phenoxy) is 1. The summed E-state index contributed by atoms with van der Waals surface area (Å²) in [4.78, 5) is 23.8. The van der Waals surface area contributed by atoms with Gasteiger partial charge in [-0.3, -0.25) is 14.7 Å². The lowest BCUT2D eigenvalue weighted by atomic mass is 9.88. The third-order valence-electron chi connectivity index (χ3n) is 5.06. The Morgan fingerprint density at radius 2 is 1.90 bits per heavy atom. The lowest BCUT2D eigenvalue weighted by Crippen LogP contribution is -2.37. The van der Waals surface area contributed by atoms with Crippen LogP contribution in [0.5, 0.6) is 5.88 Å². The molecule has 3 rings (SSSR count). The molecule has 6 heteroatoms. The number of ketones is 1. The second kappa shape index (κ2) is 9.15. The third kappa shape index (κ3) is 5.85. The van der Waals surface area contributed by atoms with Gasteiger partial charge in [-0.15, -0.1) is 0 Å². The second-order valence-electron chi connectivity index (χ2n) is 8.49. The first kappa shape index (κ1) is 20.9. The highest BCUT2D eigenvalue weighted by Gasteiger charge is 2.26. The molecule has 0 aliphatic carbocycles. The van der Waals surface area contributed by atoms with Gasteiger partial charge in [0.05, 0.1) is 11.6 Å². The quantitative estimate of drug-likeness (QED) is 0.748. The molecule has 1 saturated heterocycles. The number of nitrogens with zero attached hydrogens (tertiary/aromatic N) is 4. The van der Waals surface area contributed by atoms with Crippen LogP contribution in [0.1, 0.15) is 50.4 Å². The largest absolute Gasteiger partial charge is 0.471 e. The van der Waals surface area contributed by atoms with Crippen LogP contribution in [-0.2, 0) is 17.8 Å². The van der Waals surface area contributed by atoms with Crippen molar-refractivity contribution in [2.24, 2.45) is 5.92 Å². The van der Waals surface area contributed by atoms with Gasteiger partial charge in [-0.25, -0.2) is 4.98 Å². The molecule has 0 N–H and O–H groups in total. The Morgan fingerprint density at radius 3 is 2.59 bits per heavy atom. The first-order valence-electron chi connectivity index (χ1n) is 10.1. The van der Waals surface area contributed by atoms with E-state index in [0.717, 1.165) is 37.2 Å². The van der Waals surface area contributed by atoms with Crippen LogP contribution >= 0.6 is 0 Å². The molecule has 1 fully saturated rings. The highest BCUT2D eigenvalue weighted by Crippen LogP contribution is 2.24. The van der Waals surface area contributed by atoms with Gasteiger partial charge in [0.25, 0.3) is 0 Å². The van der Waals surface area contributed by atoms with E-state index >= 15 is 0 Å². The normalized spacial score (nSPS) is 15.7. The van der Waals surface area contributed by atoms with Crippen LogP contribution < -0.4 is 4.74 Å². The summed E-state index contributed by atoms with van der Waals surface area (Å²) in [6.45, 7) is 8.31. The lowest BCUT2D eigenvalue weighted by molar-refractivity contribution is -0.123. The summed E-state index contributed by atoms with van der Waals surface area (Å²) in [5, 5.41) is 9.22. The van der Waals surface area contributed by atoms with E-state index in [1.54, 1.807) is 18.5 Å². The SMILES string of the molecule is CC(C)(C)Oc1nccnc1CN1CCC(C(=O)Cc2ccccc2C#N)CC1. The summed E-state index contributed by atoms with van der Waals surface area (Å²) in [5.74, 6) is 0.847. The van der Waals surface area contributed by atoms with Crippen LogP contribution in [0, 0.1) is 17.2 Å². The molecule has 0 spiro atoms. The molecule has 6 nitrogen and oxygen atoms in total. The molecule has 0 amide bonds. The Morgan fingerprint density at radius 1 is 1.21 bits per heavy atom. The van der Waals surface area contributed by atoms with E-state index in [1.807, 2.05) is 39.0 Å². The fourth-order valence-electron chi connectivity index (χ4n) is 3.58. The van der Waals surface area contributed by atoms with Crippen LogP contribution in [0.25, 0.3) is 0 Å². The smallest absolute Gasteiger partial charge is 0.237 e. The molecular weight excluding hydrogens is 364 g/mol. The standard InChI is InChI=1S/C23H28N4O2/c1-23(2,3)29-22-20(25-10-11-26-22)16-27-12-8-17(9-13-27)21(28)14-18-6-4-5-7-19(18)15-24/h4-7,10-11,17H,8-9,12-14,16H2,1-3H3. The monoisotopic (exact) mass is 392 g/mol. The van der Waals surface area contributed by atoms with Crippen molar-refractivity contribution < 1.29 is 9.53 Å². The molecule has 1 aromatic carbocycles. The van der Waals surface area contributed by atoms with Gasteiger partial charge in [0, 0.05) is 31.3 Å². The summed E-state index contributed by atoms with van der Waals surface area (Å²) in [6.07, 6.45) is 5.32. The van der Waals surface area contributed by atoms with E-state index in [1.165, 1.54) is 0 Å². The van der Waals surface area contributed by atoms with Gasteiger partial charge >= 0.3 is 0 Å². The highest BCUT2D eigenvalue weighted by atomic mass is 16.5. The second-order valence-corrected chi connectivity index (χ2v) is 8.49. The Bertz CT molecular complexity index is 890. The zero-order chi connectivity index (χ0) is 20.9. The maximum atomic E-state index is 12.7. The maximum Gasteiger partial charge on any atom is 0.237 e. The molecule has 2 heterocycles. The van der Waals surface area contributed by atoms with Crippen molar-refractivity contribution in [2.75, 3.05) is 13.1 Å². The van der Waals surface area contributed by atoms with Crippen LogP contribution in [0.4, 0.5) is 0 Å². The molecule has 1 aliphatic rings. The molecule has 29 heavy (non-hydrogen) atoms. The summed E-state index contributed by atoms with van der Waals surface area (Å²) < 4.78 is 5.94. The number of benzene rings is 1. The Labute approximate surface area is 172 Å². The van der Waals surface area contributed by atoms with E-state index in [-0.39, 0.29) is 17.3 Å². The van der Waals surface area contributed by atoms with Gasteiger partial charge in [-0.1, -0.05) is 18.2 Å². The van der Waals surface area contributed by atoms with Crippen LogP contribution in [-0.4, -0.2) is 39.3 Å². The van der Waals surface area contributed by atoms with Gasteiger partial charge < -0.3 is 4.74 Å². The number of likely N-dealkylation sites (tertiary alicyclic amines) is 1. The molecular formula is C23H28N4O2. The van der Waals surface area contributed by atoms with Crippen molar-refractivity contribution in [1.29, 1.82) is 5.26 Å². The topological polar surface area (TPSA) is 79.1 Å². The van der Waals surface area contributed by atoms with Gasteiger partial charge in [-0.2, -0.15) is 5.26 Å². The van der Waals surface area contributed by atoms with E-state index in [4.69, 9.17) is 4.74 Å². The fourth-order valence-corrected chi connectivity index (χ4v) is 3.58. The van der Waals surface area contributed by atoms with Gasteiger partial charge in [0.15, 0.2) is 0 Å². The number of aromatic nitrogens is 2. The van der Waals surface area contributed by atoms with Crippen molar-refractivity contribution in [1.82, 2.24) is 14.9 Å². The first-order chi connectivity index (χ1) is 13.9. The van der Waals surface area contributed by atoms with Crippen molar-refractivity contribution in [3.8, 4) is 11.9 Å². The van der Waals surface area contributed by atoms with E-state index in [2.05, 4.69) is 20.9 Å². The molecule has 0 unspecified atom stereocenters. The molecule has 0 bridgehead atoms. The minimum atomic E-state index is -0.329. The van der Waals surface area contributed by atoms with Crippen LogP contribution in [0.15, 0.2) is 36.7 Å². The summed E-state index contributed by atoms with van der Waals surface area (Å²) in [7, 11) is 0. The summed E-state index contributed by atoms with van der Waals surface area (Å²) in [6, 6.07) is 9.52. The first-order valence-corrected chi connectivity index (χ1v) is 10.1. The number of carbonyl (C=O) groups is 1. The Kier molecular flexibility index (Phi) is 6.60. The molecule has 0 atom stereocenters. The Balaban J connectivity index is 1.56. The number of hydrogen-bond donors (Lipinski definition) is 0. The molecule has 152 valence electrons. The average Bonchev–Trinajstić information content (AvgIpc) is 2.69. The van der Waals surface area contributed by atoms with Gasteiger partial charge in [-0.05, 0) is 58.3 Å².